The van der Waals surface area contributed by atoms with Gasteiger partial charge in [-0.15, -0.1) is 0 Å². The van der Waals surface area contributed by atoms with Crippen molar-refractivity contribution in [2.24, 2.45) is 0 Å². The number of anilines is 1. The molecule has 102 valence electrons. The predicted octanol–water partition coefficient (Wildman–Crippen LogP) is 1.68. The van der Waals surface area contributed by atoms with Crippen molar-refractivity contribution in [2.75, 3.05) is 38.6 Å². The largest absolute Gasteiger partial charge is 0.467 e. The summed E-state index contributed by atoms with van der Waals surface area (Å²) in [6.45, 7) is 8.31. The molecule has 0 spiro atoms. The molecule has 6 nitrogen and oxygen atoms in total. The monoisotopic (exact) mass is 273 g/mol. The van der Waals surface area contributed by atoms with Gasteiger partial charge in [-0.2, -0.15) is 15.0 Å². The minimum Gasteiger partial charge on any atom is -0.467 e. The second-order valence-corrected chi connectivity index (χ2v) is 4.06. The van der Waals surface area contributed by atoms with Gasteiger partial charge in [-0.05, 0) is 37.7 Å². The number of rotatable bonds is 8. The number of hydrogen-bond acceptors (Lipinski definition) is 6. The van der Waals surface area contributed by atoms with Gasteiger partial charge in [0.2, 0.25) is 11.2 Å². The first-order chi connectivity index (χ1) is 8.69. The first-order valence-corrected chi connectivity index (χ1v) is 6.49. The molecule has 1 aromatic rings. The van der Waals surface area contributed by atoms with Gasteiger partial charge in [-0.25, -0.2) is 0 Å². The van der Waals surface area contributed by atoms with Crippen LogP contribution in [-0.2, 0) is 0 Å². The number of halogens is 1. The van der Waals surface area contributed by atoms with E-state index in [-0.39, 0.29) is 11.3 Å². The summed E-state index contributed by atoms with van der Waals surface area (Å²) in [6, 6.07) is 0.223. The Hall–Kier alpha value is -1.14. The maximum Gasteiger partial charge on any atom is 0.322 e. The number of ether oxygens (including phenoxy) is 1. The molecule has 1 heterocycles. The zero-order valence-corrected chi connectivity index (χ0v) is 11.9. The first kappa shape index (κ1) is 14.9. The van der Waals surface area contributed by atoms with Gasteiger partial charge in [0.25, 0.3) is 0 Å². The van der Waals surface area contributed by atoms with E-state index < -0.39 is 0 Å². The van der Waals surface area contributed by atoms with Crippen LogP contribution in [0.5, 0.6) is 6.01 Å². The third-order valence-corrected chi connectivity index (χ3v) is 2.77. The Morgan fingerprint density at radius 3 is 2.56 bits per heavy atom. The van der Waals surface area contributed by atoms with Gasteiger partial charge in [0.15, 0.2) is 0 Å². The lowest BCUT2D eigenvalue weighted by molar-refractivity contribution is 0.303. The third kappa shape index (κ3) is 5.01. The number of nitrogens with one attached hydrogen (secondary N) is 1. The van der Waals surface area contributed by atoms with Crippen molar-refractivity contribution in [3.63, 3.8) is 0 Å². The van der Waals surface area contributed by atoms with Crippen LogP contribution < -0.4 is 10.1 Å². The van der Waals surface area contributed by atoms with Gasteiger partial charge in [-0.3, -0.25) is 0 Å². The van der Waals surface area contributed by atoms with E-state index in [0.717, 1.165) is 32.6 Å². The Balaban J connectivity index is 2.37. The smallest absolute Gasteiger partial charge is 0.322 e. The molecule has 0 aliphatic rings. The molecule has 0 atom stereocenters. The Kier molecular flexibility index (Phi) is 6.67. The molecule has 18 heavy (non-hydrogen) atoms. The van der Waals surface area contributed by atoms with Crippen LogP contribution in [0.15, 0.2) is 0 Å². The van der Waals surface area contributed by atoms with Crippen molar-refractivity contribution in [3.8, 4) is 6.01 Å². The van der Waals surface area contributed by atoms with E-state index in [1.54, 1.807) is 0 Å². The number of hydrogen-bond donors (Lipinski definition) is 1. The maximum absolute atomic E-state index is 5.75. The molecule has 0 aromatic carbocycles. The second-order valence-electron chi connectivity index (χ2n) is 3.72. The van der Waals surface area contributed by atoms with E-state index in [1.807, 2.05) is 0 Å². The first-order valence-electron chi connectivity index (χ1n) is 6.11. The summed E-state index contributed by atoms with van der Waals surface area (Å²) in [7, 11) is 1.50. The van der Waals surface area contributed by atoms with E-state index in [0.29, 0.717) is 5.95 Å². The Morgan fingerprint density at radius 1 is 1.22 bits per heavy atom. The second kappa shape index (κ2) is 8.05. The van der Waals surface area contributed by atoms with Gasteiger partial charge in [-0.1, -0.05) is 13.8 Å². The van der Waals surface area contributed by atoms with E-state index >= 15 is 0 Å². The molecule has 0 bridgehead atoms. The molecular weight excluding hydrogens is 254 g/mol. The van der Waals surface area contributed by atoms with Crippen molar-refractivity contribution < 1.29 is 4.74 Å². The molecule has 1 N–H and O–H groups in total. The lowest BCUT2D eigenvalue weighted by Crippen LogP contribution is -2.25. The Labute approximate surface area is 113 Å². The van der Waals surface area contributed by atoms with Gasteiger partial charge in [0.1, 0.15) is 0 Å². The summed E-state index contributed by atoms with van der Waals surface area (Å²) in [4.78, 5) is 14.2. The summed E-state index contributed by atoms with van der Waals surface area (Å²) in [6.07, 6.45) is 1.02. The van der Waals surface area contributed by atoms with Crippen LogP contribution in [0.25, 0.3) is 0 Å². The van der Waals surface area contributed by atoms with Gasteiger partial charge >= 0.3 is 6.01 Å². The number of methoxy groups -OCH3 is 1. The average Bonchev–Trinajstić information content (AvgIpc) is 2.38. The van der Waals surface area contributed by atoms with Crippen molar-refractivity contribution >= 4 is 17.5 Å². The van der Waals surface area contributed by atoms with E-state index in [9.17, 15) is 0 Å². The molecule has 0 unspecified atom stereocenters. The van der Waals surface area contributed by atoms with Crippen molar-refractivity contribution in [2.45, 2.75) is 20.3 Å². The molecule has 0 amide bonds. The quantitative estimate of drug-likeness (QED) is 0.727. The van der Waals surface area contributed by atoms with Crippen LogP contribution >= 0.6 is 11.6 Å². The van der Waals surface area contributed by atoms with E-state index in [4.69, 9.17) is 16.3 Å². The van der Waals surface area contributed by atoms with Gasteiger partial charge in [0.05, 0.1) is 7.11 Å². The molecule has 7 heteroatoms. The molecule has 0 saturated carbocycles. The predicted molar refractivity (Wildman–Crippen MR) is 72.3 cm³/mol. The van der Waals surface area contributed by atoms with Gasteiger partial charge < -0.3 is 15.0 Å². The fourth-order valence-corrected chi connectivity index (χ4v) is 1.70. The molecule has 0 saturated heterocycles. The van der Waals surface area contributed by atoms with Crippen molar-refractivity contribution in [3.05, 3.63) is 5.28 Å². The van der Waals surface area contributed by atoms with Crippen LogP contribution in [0.1, 0.15) is 20.3 Å². The fourth-order valence-electron chi connectivity index (χ4n) is 1.54. The highest BCUT2D eigenvalue weighted by molar-refractivity contribution is 6.28. The maximum atomic E-state index is 5.75. The molecule has 1 aromatic heterocycles. The van der Waals surface area contributed by atoms with E-state index in [1.165, 1.54) is 7.11 Å². The van der Waals surface area contributed by atoms with Crippen molar-refractivity contribution in [1.29, 1.82) is 0 Å². The zero-order valence-electron chi connectivity index (χ0n) is 11.1. The summed E-state index contributed by atoms with van der Waals surface area (Å²) >= 11 is 5.75. The zero-order chi connectivity index (χ0) is 13.4. The highest BCUT2D eigenvalue weighted by Gasteiger charge is 2.04. The Morgan fingerprint density at radius 2 is 1.94 bits per heavy atom. The van der Waals surface area contributed by atoms with Crippen molar-refractivity contribution in [1.82, 2.24) is 19.9 Å². The molecular formula is C11H20ClN5O. The standard InChI is InChI=1S/C11H20ClN5O/c1-4-17(5-2)8-6-7-13-10-14-9(12)15-11(16-10)18-3/h4-8H2,1-3H3,(H,13,14,15,16). The molecule has 0 aliphatic carbocycles. The van der Waals surface area contributed by atoms with E-state index in [2.05, 4.69) is 39.0 Å². The van der Waals surface area contributed by atoms with Crippen LogP contribution in [0.4, 0.5) is 5.95 Å². The highest BCUT2D eigenvalue weighted by Crippen LogP contribution is 2.10. The van der Waals surface area contributed by atoms with Crippen LogP contribution in [0, 0.1) is 0 Å². The SMILES string of the molecule is CCN(CC)CCCNc1nc(Cl)nc(OC)n1. The summed E-state index contributed by atoms with van der Waals surface area (Å²) in [5, 5.41) is 3.24. The summed E-state index contributed by atoms with van der Waals surface area (Å²) < 4.78 is 4.92. The molecule has 0 radical (unpaired) electrons. The molecule has 1 rings (SSSR count). The Bertz CT molecular complexity index is 359. The minimum absolute atomic E-state index is 0.132. The molecule has 0 aliphatic heterocycles. The van der Waals surface area contributed by atoms with Crippen LogP contribution in [-0.4, -0.2) is 53.1 Å². The lowest BCUT2D eigenvalue weighted by Gasteiger charge is -2.17. The normalized spacial score (nSPS) is 10.7. The third-order valence-electron chi connectivity index (χ3n) is 2.60. The number of aromatic nitrogens is 3. The van der Waals surface area contributed by atoms with Gasteiger partial charge in [0, 0.05) is 6.54 Å². The summed E-state index contributed by atoms with van der Waals surface area (Å²) in [5.74, 6) is 0.450. The topological polar surface area (TPSA) is 63.2 Å². The minimum atomic E-state index is 0.132. The number of nitrogens with zero attached hydrogens (tertiary/aromatic N) is 4. The van der Waals surface area contributed by atoms with Crippen LogP contribution in [0.2, 0.25) is 5.28 Å². The average molecular weight is 274 g/mol. The lowest BCUT2D eigenvalue weighted by atomic mass is 10.3. The van der Waals surface area contributed by atoms with Crippen LogP contribution in [0.3, 0.4) is 0 Å². The highest BCUT2D eigenvalue weighted by atomic mass is 35.5. The fraction of sp³-hybridized carbons (Fsp3) is 0.727. The molecule has 0 fully saturated rings. The summed E-state index contributed by atoms with van der Waals surface area (Å²) in [5.41, 5.74) is 0.